The quantitative estimate of drug-likeness (QED) is 0.607. The number of nitrogens with two attached hydrogens (primary N) is 2. The minimum absolute atomic E-state index is 0.239. The first kappa shape index (κ1) is 11.3. The Morgan fingerprint density at radius 2 is 2.27 bits per heavy atom. The molecule has 82 valence electrons. The maximum Gasteiger partial charge on any atom is 0.253 e. The molecule has 0 fully saturated rings. The van der Waals surface area contributed by atoms with Crippen molar-refractivity contribution in [3.05, 3.63) is 23.8 Å². The first-order valence-electron chi connectivity index (χ1n) is 4.61. The molecule has 0 aliphatic carbocycles. The fraction of sp³-hybridized carbons (Fsp3) is 0.300. The van der Waals surface area contributed by atoms with Crippen molar-refractivity contribution < 1.29 is 9.53 Å². The molecular formula is C10H15N3O2. The fourth-order valence-corrected chi connectivity index (χ4v) is 1.14. The molecule has 0 radical (unpaired) electrons. The summed E-state index contributed by atoms with van der Waals surface area (Å²) in [6.07, 6.45) is 0. The fourth-order valence-electron chi connectivity index (χ4n) is 1.14. The van der Waals surface area contributed by atoms with Crippen molar-refractivity contribution in [2.24, 2.45) is 5.73 Å². The molecule has 1 aromatic carbocycles. The Balaban J connectivity index is 2.86. The molecule has 5 N–H and O–H groups in total. The topological polar surface area (TPSA) is 90.4 Å². The van der Waals surface area contributed by atoms with Crippen LogP contribution in [0.15, 0.2) is 18.2 Å². The standard InChI is InChI=1S/C10H15N3O2/c1-15-7-2-3-9(12)8(6-7)10(14)13-5-4-11/h2-3,6H,4-5,11-12H2,1H3,(H,13,14). The summed E-state index contributed by atoms with van der Waals surface area (Å²) in [7, 11) is 1.53. The van der Waals surface area contributed by atoms with Gasteiger partial charge in [-0.05, 0) is 18.2 Å². The first-order chi connectivity index (χ1) is 7.19. The minimum atomic E-state index is -0.239. The smallest absolute Gasteiger partial charge is 0.253 e. The summed E-state index contributed by atoms with van der Waals surface area (Å²) in [4.78, 5) is 11.6. The molecule has 0 unspecified atom stereocenters. The summed E-state index contributed by atoms with van der Waals surface area (Å²) < 4.78 is 5.00. The lowest BCUT2D eigenvalue weighted by Crippen LogP contribution is -2.29. The maximum atomic E-state index is 11.6. The first-order valence-corrected chi connectivity index (χ1v) is 4.61. The third kappa shape index (κ3) is 2.85. The molecule has 0 aromatic heterocycles. The third-order valence-electron chi connectivity index (χ3n) is 1.93. The molecular weight excluding hydrogens is 194 g/mol. The van der Waals surface area contributed by atoms with Gasteiger partial charge in [-0.3, -0.25) is 4.79 Å². The van der Waals surface area contributed by atoms with Crippen molar-refractivity contribution in [2.75, 3.05) is 25.9 Å². The van der Waals surface area contributed by atoms with E-state index in [2.05, 4.69) is 5.32 Å². The average Bonchev–Trinajstić information content (AvgIpc) is 2.26. The second-order valence-corrected chi connectivity index (χ2v) is 3.00. The van der Waals surface area contributed by atoms with Crippen LogP contribution in [0.5, 0.6) is 5.75 Å². The van der Waals surface area contributed by atoms with Crippen LogP contribution in [-0.2, 0) is 0 Å². The van der Waals surface area contributed by atoms with Gasteiger partial charge in [0.05, 0.1) is 12.7 Å². The second kappa shape index (κ2) is 5.21. The Morgan fingerprint density at radius 3 is 2.87 bits per heavy atom. The molecule has 1 aromatic rings. The van der Waals surface area contributed by atoms with Gasteiger partial charge in [-0.1, -0.05) is 0 Å². The van der Waals surface area contributed by atoms with Crippen molar-refractivity contribution in [1.82, 2.24) is 5.32 Å². The zero-order valence-electron chi connectivity index (χ0n) is 8.62. The van der Waals surface area contributed by atoms with Crippen LogP contribution in [0.3, 0.4) is 0 Å². The normalized spacial score (nSPS) is 9.73. The summed E-state index contributed by atoms with van der Waals surface area (Å²) in [5.41, 5.74) is 11.8. The van der Waals surface area contributed by atoms with E-state index in [9.17, 15) is 4.79 Å². The third-order valence-corrected chi connectivity index (χ3v) is 1.93. The highest BCUT2D eigenvalue weighted by Crippen LogP contribution is 2.19. The van der Waals surface area contributed by atoms with Crippen LogP contribution >= 0.6 is 0 Å². The lowest BCUT2D eigenvalue weighted by molar-refractivity contribution is 0.0955. The van der Waals surface area contributed by atoms with Crippen LogP contribution in [0, 0.1) is 0 Å². The number of rotatable bonds is 4. The number of nitrogen functional groups attached to an aromatic ring is 1. The Labute approximate surface area is 88.4 Å². The van der Waals surface area contributed by atoms with Gasteiger partial charge in [0.2, 0.25) is 0 Å². The van der Waals surface area contributed by atoms with E-state index >= 15 is 0 Å². The van der Waals surface area contributed by atoms with Crippen LogP contribution in [0.25, 0.3) is 0 Å². The Hall–Kier alpha value is -1.75. The van der Waals surface area contributed by atoms with Crippen LogP contribution < -0.4 is 21.5 Å². The molecule has 0 heterocycles. The van der Waals surface area contributed by atoms with E-state index in [1.54, 1.807) is 18.2 Å². The van der Waals surface area contributed by atoms with Gasteiger partial charge in [0, 0.05) is 18.8 Å². The van der Waals surface area contributed by atoms with Crippen LogP contribution in [0.1, 0.15) is 10.4 Å². The van der Waals surface area contributed by atoms with E-state index in [4.69, 9.17) is 16.2 Å². The molecule has 0 spiro atoms. The number of anilines is 1. The largest absolute Gasteiger partial charge is 0.497 e. The molecule has 0 aliphatic heterocycles. The second-order valence-electron chi connectivity index (χ2n) is 3.00. The Bertz CT molecular complexity index is 353. The highest BCUT2D eigenvalue weighted by Gasteiger charge is 2.09. The summed E-state index contributed by atoms with van der Waals surface area (Å²) >= 11 is 0. The zero-order valence-corrected chi connectivity index (χ0v) is 8.62. The molecule has 0 atom stereocenters. The van der Waals surface area contributed by atoms with Gasteiger partial charge in [-0.15, -0.1) is 0 Å². The molecule has 15 heavy (non-hydrogen) atoms. The van der Waals surface area contributed by atoms with Gasteiger partial charge >= 0.3 is 0 Å². The molecule has 0 bridgehead atoms. The highest BCUT2D eigenvalue weighted by molar-refractivity contribution is 5.99. The number of hydrogen-bond acceptors (Lipinski definition) is 4. The SMILES string of the molecule is COc1ccc(N)c(C(=O)NCCN)c1. The van der Waals surface area contributed by atoms with Crippen molar-refractivity contribution in [1.29, 1.82) is 0 Å². The number of carbonyl (C=O) groups excluding carboxylic acids is 1. The van der Waals surface area contributed by atoms with E-state index in [0.29, 0.717) is 30.1 Å². The lowest BCUT2D eigenvalue weighted by Gasteiger charge is -2.08. The molecule has 0 saturated carbocycles. The number of amides is 1. The van der Waals surface area contributed by atoms with Crippen molar-refractivity contribution in [3.8, 4) is 5.75 Å². The lowest BCUT2D eigenvalue weighted by atomic mass is 10.1. The van der Waals surface area contributed by atoms with E-state index in [-0.39, 0.29) is 5.91 Å². The Kier molecular flexibility index (Phi) is 3.93. The van der Waals surface area contributed by atoms with Gasteiger partial charge in [0.15, 0.2) is 0 Å². The van der Waals surface area contributed by atoms with Gasteiger partial charge < -0.3 is 21.5 Å². The van der Waals surface area contributed by atoms with Gasteiger partial charge in [0.25, 0.3) is 5.91 Å². The predicted molar refractivity (Wildman–Crippen MR) is 58.8 cm³/mol. The van der Waals surface area contributed by atoms with Crippen LogP contribution in [0.2, 0.25) is 0 Å². The molecule has 0 aliphatic rings. The number of methoxy groups -OCH3 is 1. The van der Waals surface area contributed by atoms with Gasteiger partial charge in [0.1, 0.15) is 5.75 Å². The van der Waals surface area contributed by atoms with E-state index in [0.717, 1.165) is 0 Å². The van der Waals surface area contributed by atoms with E-state index in [1.807, 2.05) is 0 Å². The Morgan fingerprint density at radius 1 is 1.53 bits per heavy atom. The van der Waals surface area contributed by atoms with Crippen LogP contribution in [0.4, 0.5) is 5.69 Å². The summed E-state index contributed by atoms with van der Waals surface area (Å²) in [6.45, 7) is 0.825. The van der Waals surface area contributed by atoms with Crippen LogP contribution in [-0.4, -0.2) is 26.1 Å². The number of nitrogens with one attached hydrogen (secondary N) is 1. The predicted octanol–water partition coefficient (Wildman–Crippen LogP) is -0.0341. The monoisotopic (exact) mass is 209 g/mol. The maximum absolute atomic E-state index is 11.6. The molecule has 0 saturated heterocycles. The zero-order chi connectivity index (χ0) is 11.3. The van der Waals surface area contributed by atoms with E-state index in [1.165, 1.54) is 7.11 Å². The minimum Gasteiger partial charge on any atom is -0.497 e. The number of benzene rings is 1. The van der Waals surface area contributed by atoms with Gasteiger partial charge in [-0.2, -0.15) is 0 Å². The molecule has 5 nitrogen and oxygen atoms in total. The highest BCUT2D eigenvalue weighted by atomic mass is 16.5. The molecule has 1 rings (SSSR count). The number of ether oxygens (including phenoxy) is 1. The average molecular weight is 209 g/mol. The van der Waals surface area contributed by atoms with Gasteiger partial charge in [-0.25, -0.2) is 0 Å². The van der Waals surface area contributed by atoms with Crippen molar-refractivity contribution in [3.63, 3.8) is 0 Å². The van der Waals surface area contributed by atoms with Crippen molar-refractivity contribution in [2.45, 2.75) is 0 Å². The molecule has 1 amide bonds. The molecule has 5 heteroatoms. The summed E-state index contributed by atoms with van der Waals surface area (Å²) in [5.74, 6) is 0.360. The van der Waals surface area contributed by atoms with Crippen molar-refractivity contribution >= 4 is 11.6 Å². The summed E-state index contributed by atoms with van der Waals surface area (Å²) in [5, 5.41) is 2.64. The number of carbonyl (C=O) groups is 1. The summed E-state index contributed by atoms with van der Waals surface area (Å²) in [6, 6.07) is 4.94. The van der Waals surface area contributed by atoms with E-state index < -0.39 is 0 Å². The number of hydrogen-bond donors (Lipinski definition) is 3.